The number of carbonyl (C=O) groups is 1. The van der Waals surface area contributed by atoms with Crippen molar-refractivity contribution < 1.29 is 9.90 Å². The molecule has 0 aromatic carbocycles. The molecule has 0 aliphatic rings. The Bertz CT molecular complexity index is 665. The van der Waals surface area contributed by atoms with Crippen LogP contribution in [-0.2, 0) is 7.05 Å². The predicted molar refractivity (Wildman–Crippen MR) is 81.9 cm³/mol. The monoisotopic (exact) mass is 291 g/mol. The van der Waals surface area contributed by atoms with Crippen LogP contribution in [0.15, 0.2) is 6.20 Å². The number of nitrogens with one attached hydrogen (secondary N) is 1. The number of carboxylic acid groups (broad SMARTS) is 1. The van der Waals surface area contributed by atoms with Crippen LogP contribution in [0.1, 0.15) is 23.0 Å². The summed E-state index contributed by atoms with van der Waals surface area (Å²) in [5.41, 5.74) is 2.23. The molecule has 2 aromatic heterocycles. The number of aromatic carboxylic acids is 1. The maximum Gasteiger partial charge on any atom is 0.339 e. The third-order valence-electron chi connectivity index (χ3n) is 3.59. The highest BCUT2D eigenvalue weighted by atomic mass is 16.4. The zero-order valence-electron chi connectivity index (χ0n) is 12.8. The fraction of sp³-hybridized carbons (Fsp3) is 0.500. The summed E-state index contributed by atoms with van der Waals surface area (Å²) in [6.07, 6.45) is 1.39. The lowest BCUT2D eigenvalue weighted by Crippen LogP contribution is -2.25. The van der Waals surface area contributed by atoms with Gasteiger partial charge in [0.2, 0.25) is 0 Å². The van der Waals surface area contributed by atoms with E-state index in [1.54, 1.807) is 11.7 Å². The first kappa shape index (κ1) is 15.2. The number of anilines is 1. The zero-order chi connectivity index (χ0) is 15.6. The van der Waals surface area contributed by atoms with Crippen LogP contribution in [0.25, 0.3) is 11.0 Å². The van der Waals surface area contributed by atoms with E-state index >= 15 is 0 Å². The van der Waals surface area contributed by atoms with Gasteiger partial charge in [-0.05, 0) is 20.5 Å². The average Bonchev–Trinajstić information content (AvgIpc) is 2.73. The van der Waals surface area contributed by atoms with Crippen molar-refractivity contribution in [1.29, 1.82) is 0 Å². The molecule has 0 amide bonds. The molecule has 2 rings (SSSR count). The molecule has 0 spiro atoms. The molecule has 0 aliphatic carbocycles. The molecule has 7 heteroatoms. The summed E-state index contributed by atoms with van der Waals surface area (Å²) in [6, 6.07) is 0. The normalized spacial score (nSPS) is 11.3. The number of likely N-dealkylation sites (N-methyl/N-ethyl adjacent to an activating group) is 1. The largest absolute Gasteiger partial charge is 0.478 e. The van der Waals surface area contributed by atoms with Gasteiger partial charge >= 0.3 is 5.97 Å². The second-order valence-corrected chi connectivity index (χ2v) is 5.08. The molecule has 0 saturated carbocycles. The Hall–Kier alpha value is -2.15. The summed E-state index contributed by atoms with van der Waals surface area (Å²) in [5.74, 6) is -0.987. The number of nitrogens with zero attached hydrogens (tertiary/aromatic N) is 4. The van der Waals surface area contributed by atoms with Gasteiger partial charge in [0.05, 0.1) is 16.8 Å². The van der Waals surface area contributed by atoms with Gasteiger partial charge in [0.25, 0.3) is 0 Å². The quantitative estimate of drug-likeness (QED) is 0.835. The second kappa shape index (κ2) is 6.09. The molecule has 0 fully saturated rings. The maximum atomic E-state index is 11.4. The van der Waals surface area contributed by atoms with Gasteiger partial charge in [-0.1, -0.05) is 6.92 Å². The molecule has 0 unspecified atom stereocenters. The molecule has 0 atom stereocenters. The fourth-order valence-corrected chi connectivity index (χ4v) is 2.29. The van der Waals surface area contributed by atoms with E-state index in [-0.39, 0.29) is 5.56 Å². The number of aryl methyl sites for hydroxylation is 2. The third-order valence-corrected chi connectivity index (χ3v) is 3.59. The second-order valence-electron chi connectivity index (χ2n) is 5.08. The average molecular weight is 291 g/mol. The molecule has 7 nitrogen and oxygen atoms in total. The first-order valence-electron chi connectivity index (χ1n) is 6.93. The number of pyridine rings is 1. The highest BCUT2D eigenvalue weighted by Crippen LogP contribution is 2.28. The van der Waals surface area contributed by atoms with Crippen molar-refractivity contribution in [1.82, 2.24) is 19.7 Å². The van der Waals surface area contributed by atoms with Gasteiger partial charge in [-0.15, -0.1) is 0 Å². The molecular weight excluding hydrogens is 270 g/mol. The molecule has 114 valence electrons. The Morgan fingerprint density at radius 3 is 2.86 bits per heavy atom. The minimum absolute atomic E-state index is 0.178. The van der Waals surface area contributed by atoms with E-state index in [1.165, 1.54) is 6.20 Å². The summed E-state index contributed by atoms with van der Waals surface area (Å²) in [4.78, 5) is 17.8. The number of aromatic nitrogens is 3. The summed E-state index contributed by atoms with van der Waals surface area (Å²) < 4.78 is 1.67. The smallest absolute Gasteiger partial charge is 0.339 e. The van der Waals surface area contributed by atoms with E-state index < -0.39 is 5.97 Å². The zero-order valence-corrected chi connectivity index (χ0v) is 12.8. The van der Waals surface area contributed by atoms with Crippen LogP contribution in [0.5, 0.6) is 0 Å². The van der Waals surface area contributed by atoms with Crippen LogP contribution in [0, 0.1) is 6.92 Å². The van der Waals surface area contributed by atoms with Gasteiger partial charge in [0, 0.05) is 26.3 Å². The van der Waals surface area contributed by atoms with E-state index in [0.29, 0.717) is 17.9 Å². The van der Waals surface area contributed by atoms with Gasteiger partial charge in [0.1, 0.15) is 5.56 Å². The van der Waals surface area contributed by atoms with Crippen molar-refractivity contribution in [2.24, 2.45) is 7.05 Å². The molecule has 0 bridgehead atoms. The van der Waals surface area contributed by atoms with Crippen molar-refractivity contribution in [3.05, 3.63) is 17.5 Å². The molecule has 0 saturated heterocycles. The van der Waals surface area contributed by atoms with Crippen LogP contribution in [0.2, 0.25) is 0 Å². The Kier molecular flexibility index (Phi) is 4.42. The minimum atomic E-state index is -0.987. The van der Waals surface area contributed by atoms with Crippen molar-refractivity contribution >= 4 is 22.7 Å². The first-order valence-corrected chi connectivity index (χ1v) is 6.93. The van der Waals surface area contributed by atoms with Gasteiger partial charge < -0.3 is 15.3 Å². The third kappa shape index (κ3) is 2.97. The number of carboxylic acids is 1. The fourth-order valence-electron chi connectivity index (χ4n) is 2.29. The SMILES string of the molecule is CCN(C)CCNc1c(C(=O)O)cnc2c1c(C)nn2C. The Labute approximate surface area is 123 Å². The predicted octanol–water partition coefficient (Wildman–Crippen LogP) is 1.34. The molecule has 0 radical (unpaired) electrons. The number of hydrogen-bond donors (Lipinski definition) is 2. The summed E-state index contributed by atoms with van der Waals surface area (Å²) in [7, 11) is 3.83. The highest BCUT2D eigenvalue weighted by Gasteiger charge is 2.19. The molecule has 2 aromatic rings. The first-order chi connectivity index (χ1) is 9.95. The van der Waals surface area contributed by atoms with Crippen LogP contribution >= 0.6 is 0 Å². The van der Waals surface area contributed by atoms with E-state index in [1.807, 2.05) is 14.0 Å². The van der Waals surface area contributed by atoms with E-state index in [9.17, 15) is 9.90 Å². The number of fused-ring (bicyclic) bond motifs is 1. The van der Waals surface area contributed by atoms with Crippen molar-refractivity contribution in [3.8, 4) is 0 Å². The molecule has 21 heavy (non-hydrogen) atoms. The standard InChI is InChI=1S/C14H21N5O2/c1-5-18(3)7-6-15-12-10(14(20)21)8-16-13-11(12)9(2)17-19(13)4/h8H,5-7H2,1-4H3,(H,15,16)(H,20,21). The van der Waals surface area contributed by atoms with Crippen LogP contribution < -0.4 is 5.32 Å². The lowest BCUT2D eigenvalue weighted by Gasteiger charge is -2.16. The Morgan fingerprint density at radius 2 is 2.24 bits per heavy atom. The van der Waals surface area contributed by atoms with Crippen molar-refractivity contribution in [2.45, 2.75) is 13.8 Å². The van der Waals surface area contributed by atoms with E-state index in [4.69, 9.17) is 0 Å². The summed E-state index contributed by atoms with van der Waals surface area (Å²) in [5, 5.41) is 17.7. The van der Waals surface area contributed by atoms with Gasteiger partial charge in [-0.3, -0.25) is 4.68 Å². The van der Waals surface area contributed by atoms with Gasteiger partial charge in [-0.25, -0.2) is 9.78 Å². The summed E-state index contributed by atoms with van der Waals surface area (Å²) >= 11 is 0. The Balaban J connectivity index is 2.42. The van der Waals surface area contributed by atoms with Crippen LogP contribution in [0.4, 0.5) is 5.69 Å². The maximum absolute atomic E-state index is 11.4. The number of hydrogen-bond acceptors (Lipinski definition) is 5. The molecule has 2 heterocycles. The molecule has 2 N–H and O–H groups in total. The highest BCUT2D eigenvalue weighted by molar-refractivity contribution is 6.04. The topological polar surface area (TPSA) is 83.3 Å². The minimum Gasteiger partial charge on any atom is -0.478 e. The van der Waals surface area contributed by atoms with Gasteiger partial charge in [0.15, 0.2) is 5.65 Å². The van der Waals surface area contributed by atoms with Crippen molar-refractivity contribution in [3.63, 3.8) is 0 Å². The molecule has 0 aliphatic heterocycles. The van der Waals surface area contributed by atoms with E-state index in [2.05, 4.69) is 27.2 Å². The van der Waals surface area contributed by atoms with Crippen LogP contribution in [0.3, 0.4) is 0 Å². The van der Waals surface area contributed by atoms with Gasteiger partial charge in [-0.2, -0.15) is 5.10 Å². The lowest BCUT2D eigenvalue weighted by atomic mass is 10.1. The van der Waals surface area contributed by atoms with E-state index in [0.717, 1.165) is 24.2 Å². The summed E-state index contributed by atoms with van der Waals surface area (Å²) in [6.45, 7) is 6.39. The van der Waals surface area contributed by atoms with Crippen molar-refractivity contribution in [2.75, 3.05) is 32.0 Å². The lowest BCUT2D eigenvalue weighted by molar-refractivity contribution is 0.0697. The number of rotatable bonds is 6. The molecular formula is C14H21N5O2. The van der Waals surface area contributed by atoms with Crippen LogP contribution in [-0.4, -0.2) is 57.4 Å². The Morgan fingerprint density at radius 1 is 1.52 bits per heavy atom.